The van der Waals surface area contributed by atoms with E-state index in [1.807, 2.05) is 30.3 Å². The Bertz CT molecular complexity index is 1250. The van der Waals surface area contributed by atoms with E-state index in [-0.39, 0.29) is 24.3 Å². The van der Waals surface area contributed by atoms with Gasteiger partial charge in [-0.1, -0.05) is 32.9 Å². The Hall–Kier alpha value is -3.50. The van der Waals surface area contributed by atoms with E-state index in [2.05, 4.69) is 42.4 Å². The molecule has 1 N–H and O–H groups in total. The van der Waals surface area contributed by atoms with Crippen molar-refractivity contribution in [3.05, 3.63) is 52.4 Å². The molecule has 2 rings (SSSR count). The molecule has 0 heterocycles. The predicted octanol–water partition coefficient (Wildman–Crippen LogP) is 5.23. The summed E-state index contributed by atoms with van der Waals surface area (Å²) in [7, 11) is 8.60. The SMILES string of the molecule is CCC(=O)C(C)(N=O)C(=O)CNCC(CCCN(C)CCc1ccc(OC)c(OC)c1)(c1ccc(OC)c(OC)c1)C(C)C. The summed E-state index contributed by atoms with van der Waals surface area (Å²) in [5.41, 5.74) is -0.0472. The Morgan fingerprint density at radius 2 is 1.48 bits per heavy atom. The molecule has 0 saturated carbocycles. The van der Waals surface area contributed by atoms with Gasteiger partial charge in [0.05, 0.1) is 35.0 Å². The van der Waals surface area contributed by atoms with Crippen LogP contribution in [0.4, 0.5) is 0 Å². The van der Waals surface area contributed by atoms with Gasteiger partial charge in [0.1, 0.15) is 0 Å². The lowest BCUT2D eigenvalue weighted by molar-refractivity contribution is -0.133. The van der Waals surface area contributed by atoms with Crippen LogP contribution in [0, 0.1) is 10.8 Å². The summed E-state index contributed by atoms with van der Waals surface area (Å²) in [6.07, 6.45) is 2.65. The lowest BCUT2D eigenvalue weighted by atomic mass is 9.68. The minimum Gasteiger partial charge on any atom is -0.493 e. The second kappa shape index (κ2) is 17.1. The first kappa shape index (κ1) is 36.7. The van der Waals surface area contributed by atoms with Gasteiger partial charge < -0.3 is 29.2 Å². The Morgan fingerprint density at radius 3 is 2.02 bits per heavy atom. The third-order valence-electron chi connectivity index (χ3n) is 8.77. The molecule has 0 aliphatic rings. The molecule has 10 nitrogen and oxygen atoms in total. The molecule has 2 unspecified atom stereocenters. The number of ether oxygens (including phenoxy) is 4. The van der Waals surface area contributed by atoms with E-state index in [9.17, 15) is 14.5 Å². The first-order chi connectivity index (χ1) is 21.0. The van der Waals surface area contributed by atoms with Crippen LogP contribution in [0.5, 0.6) is 23.0 Å². The van der Waals surface area contributed by atoms with E-state index in [1.165, 1.54) is 12.5 Å². The molecule has 0 radical (unpaired) electrons. The molecule has 0 bridgehead atoms. The number of carbonyl (C=O) groups excluding carboxylic acids is 2. The maximum atomic E-state index is 13.0. The van der Waals surface area contributed by atoms with Crippen LogP contribution in [-0.2, 0) is 21.4 Å². The zero-order valence-electron chi connectivity index (χ0n) is 28.0. The Balaban J connectivity index is 2.23. The number of nitroso groups, excluding NO2 is 1. The van der Waals surface area contributed by atoms with Gasteiger partial charge in [-0.2, -0.15) is 0 Å². The maximum absolute atomic E-state index is 13.0. The standard InChI is InChI=1S/C34H51N3O7/c1-10-31(38)33(4,36-40)32(39)22-35-23-34(24(2)3,26-13-15-28(42-7)30(21-26)44-9)17-11-18-37(5)19-16-25-12-14-27(41-6)29(20-25)43-8/h12-15,20-21,24,35H,10-11,16-19,22-23H2,1-9H3. The van der Waals surface area contributed by atoms with E-state index in [0.717, 1.165) is 43.7 Å². The maximum Gasteiger partial charge on any atom is 0.216 e. The molecular formula is C34H51N3O7. The molecule has 0 aliphatic carbocycles. The van der Waals surface area contributed by atoms with Crippen LogP contribution in [0.25, 0.3) is 0 Å². The number of rotatable bonds is 21. The quantitative estimate of drug-likeness (QED) is 0.149. The average molecular weight is 614 g/mol. The molecule has 2 atom stereocenters. The van der Waals surface area contributed by atoms with Crippen molar-refractivity contribution in [1.82, 2.24) is 10.2 Å². The fourth-order valence-corrected chi connectivity index (χ4v) is 5.61. The molecule has 0 saturated heterocycles. The molecule has 0 aliphatic heterocycles. The topological polar surface area (TPSA) is 116 Å². The van der Waals surface area contributed by atoms with E-state index in [4.69, 9.17) is 18.9 Å². The van der Waals surface area contributed by atoms with Crippen molar-refractivity contribution in [3.8, 4) is 23.0 Å². The number of Topliss-reactive ketones (excluding diaryl/α,β-unsaturated/α-hetero) is 2. The van der Waals surface area contributed by atoms with Gasteiger partial charge in [-0.05, 0) is 86.3 Å². The third kappa shape index (κ3) is 8.79. The minimum atomic E-state index is -1.89. The fourth-order valence-electron chi connectivity index (χ4n) is 5.61. The van der Waals surface area contributed by atoms with Gasteiger partial charge in [0.15, 0.2) is 34.6 Å². The van der Waals surface area contributed by atoms with Crippen LogP contribution in [0.1, 0.15) is 58.1 Å². The number of hydrogen-bond donors (Lipinski definition) is 1. The summed E-state index contributed by atoms with van der Waals surface area (Å²) in [4.78, 5) is 39.2. The number of nitrogens with one attached hydrogen (secondary N) is 1. The Kier molecular flexibility index (Phi) is 14.3. The molecule has 0 spiro atoms. The summed E-state index contributed by atoms with van der Waals surface area (Å²) in [6.45, 7) is 9.31. The zero-order chi connectivity index (χ0) is 32.9. The van der Waals surface area contributed by atoms with Crippen molar-refractivity contribution >= 4 is 11.6 Å². The van der Waals surface area contributed by atoms with Gasteiger partial charge in [-0.25, -0.2) is 0 Å². The molecular weight excluding hydrogens is 562 g/mol. The van der Waals surface area contributed by atoms with Gasteiger partial charge in [0.25, 0.3) is 0 Å². The predicted molar refractivity (Wildman–Crippen MR) is 173 cm³/mol. The molecule has 0 aromatic heterocycles. The third-order valence-corrected chi connectivity index (χ3v) is 8.77. The molecule has 44 heavy (non-hydrogen) atoms. The van der Waals surface area contributed by atoms with Crippen molar-refractivity contribution in [2.24, 2.45) is 11.1 Å². The minimum absolute atomic E-state index is 0.0646. The summed E-state index contributed by atoms with van der Waals surface area (Å²) >= 11 is 0. The largest absolute Gasteiger partial charge is 0.493 e. The van der Waals surface area contributed by atoms with Crippen LogP contribution >= 0.6 is 0 Å². The number of methoxy groups -OCH3 is 4. The first-order valence-corrected chi connectivity index (χ1v) is 15.2. The number of ketones is 2. The van der Waals surface area contributed by atoms with Crippen LogP contribution in [0.15, 0.2) is 41.6 Å². The Morgan fingerprint density at radius 1 is 0.886 bits per heavy atom. The second-order valence-corrected chi connectivity index (χ2v) is 11.7. The number of carbonyl (C=O) groups is 2. The summed E-state index contributed by atoms with van der Waals surface area (Å²) in [6, 6.07) is 11.9. The van der Waals surface area contributed by atoms with Crippen molar-refractivity contribution in [3.63, 3.8) is 0 Å². The lowest BCUT2D eigenvalue weighted by Crippen LogP contribution is -2.49. The van der Waals surface area contributed by atoms with E-state index < -0.39 is 17.1 Å². The van der Waals surface area contributed by atoms with Crippen LogP contribution in [-0.4, -0.2) is 83.7 Å². The van der Waals surface area contributed by atoms with Crippen molar-refractivity contribution < 1.29 is 28.5 Å². The van der Waals surface area contributed by atoms with Gasteiger partial charge in [-0.15, -0.1) is 4.91 Å². The van der Waals surface area contributed by atoms with Crippen molar-refractivity contribution in [1.29, 1.82) is 0 Å². The zero-order valence-corrected chi connectivity index (χ0v) is 28.0. The fraction of sp³-hybridized carbons (Fsp3) is 0.588. The smallest absolute Gasteiger partial charge is 0.216 e. The summed E-state index contributed by atoms with van der Waals surface area (Å²) in [5, 5.41) is 6.22. The van der Waals surface area contributed by atoms with Crippen molar-refractivity contribution in [2.75, 3.05) is 61.7 Å². The number of nitrogens with zero attached hydrogens (tertiary/aromatic N) is 2. The first-order valence-electron chi connectivity index (χ1n) is 15.2. The van der Waals surface area contributed by atoms with Gasteiger partial charge in [0.2, 0.25) is 5.54 Å². The molecule has 244 valence electrons. The van der Waals surface area contributed by atoms with Gasteiger partial charge in [-0.3, -0.25) is 9.59 Å². The highest BCUT2D eigenvalue weighted by molar-refractivity contribution is 6.12. The van der Waals surface area contributed by atoms with E-state index >= 15 is 0 Å². The molecule has 0 fully saturated rings. The van der Waals surface area contributed by atoms with Gasteiger partial charge >= 0.3 is 0 Å². The molecule has 10 heteroatoms. The van der Waals surface area contributed by atoms with Crippen LogP contribution in [0.2, 0.25) is 0 Å². The number of likely N-dealkylation sites (N-methyl/N-ethyl adjacent to an activating group) is 1. The highest BCUT2D eigenvalue weighted by Crippen LogP contribution is 2.40. The summed E-state index contributed by atoms with van der Waals surface area (Å²) in [5.74, 6) is 1.86. The lowest BCUT2D eigenvalue weighted by Gasteiger charge is -2.40. The van der Waals surface area contributed by atoms with E-state index in [1.54, 1.807) is 35.4 Å². The average Bonchev–Trinajstić information content (AvgIpc) is 3.04. The monoisotopic (exact) mass is 613 g/mol. The molecule has 0 amide bonds. The van der Waals surface area contributed by atoms with Gasteiger partial charge in [0, 0.05) is 24.9 Å². The highest BCUT2D eigenvalue weighted by Gasteiger charge is 2.42. The normalized spacial score (nSPS) is 14.1. The molecule has 2 aromatic carbocycles. The Labute approximate surface area is 262 Å². The van der Waals surface area contributed by atoms with E-state index in [0.29, 0.717) is 23.8 Å². The molecule has 2 aromatic rings. The van der Waals surface area contributed by atoms with Crippen LogP contribution in [0.3, 0.4) is 0 Å². The number of benzene rings is 2. The highest BCUT2D eigenvalue weighted by atomic mass is 16.5. The van der Waals surface area contributed by atoms with Crippen LogP contribution < -0.4 is 24.3 Å². The summed E-state index contributed by atoms with van der Waals surface area (Å²) < 4.78 is 21.9. The second-order valence-electron chi connectivity index (χ2n) is 11.7. The number of hydrogen-bond acceptors (Lipinski definition) is 10. The van der Waals surface area contributed by atoms with Crippen molar-refractivity contribution in [2.45, 2.75) is 64.3 Å².